The first-order valence-electron chi connectivity index (χ1n) is 6.83. The number of hydrogen-bond acceptors (Lipinski definition) is 4. The van der Waals surface area contributed by atoms with Gasteiger partial charge in [0.15, 0.2) is 0 Å². The zero-order valence-electron chi connectivity index (χ0n) is 12.7. The van der Waals surface area contributed by atoms with E-state index >= 15 is 0 Å². The molecule has 1 saturated heterocycles. The van der Waals surface area contributed by atoms with Gasteiger partial charge in [0.05, 0.1) is 19.8 Å². The van der Waals surface area contributed by atoms with E-state index in [0.29, 0.717) is 29.5 Å². The zero-order valence-corrected chi connectivity index (χ0v) is 13.5. The third-order valence-electron chi connectivity index (χ3n) is 3.89. The summed E-state index contributed by atoms with van der Waals surface area (Å²) in [6.45, 7) is 3.44. The van der Waals surface area contributed by atoms with Crippen molar-refractivity contribution >= 4 is 18.3 Å². The fourth-order valence-corrected chi connectivity index (χ4v) is 2.55. The molecule has 2 rings (SSSR count). The van der Waals surface area contributed by atoms with Crippen LogP contribution in [0.3, 0.4) is 0 Å². The number of carbonyl (C=O) groups is 1. The fourth-order valence-electron chi connectivity index (χ4n) is 2.55. The molecule has 5 nitrogen and oxygen atoms in total. The van der Waals surface area contributed by atoms with E-state index in [9.17, 15) is 4.79 Å². The van der Waals surface area contributed by atoms with E-state index in [1.54, 1.807) is 32.4 Å². The normalized spacial score (nSPS) is 18.9. The van der Waals surface area contributed by atoms with Gasteiger partial charge in [-0.1, -0.05) is 0 Å². The number of halogens is 1. The summed E-state index contributed by atoms with van der Waals surface area (Å²) in [5, 5.41) is 0. The molecule has 0 aromatic heterocycles. The van der Waals surface area contributed by atoms with E-state index in [1.165, 1.54) is 0 Å². The fraction of sp³-hybridized carbons (Fsp3) is 0.533. The molecule has 1 aromatic carbocycles. The van der Waals surface area contributed by atoms with Gasteiger partial charge >= 0.3 is 0 Å². The summed E-state index contributed by atoms with van der Waals surface area (Å²) >= 11 is 0. The average molecular weight is 315 g/mol. The number of amides is 1. The molecule has 21 heavy (non-hydrogen) atoms. The second kappa shape index (κ2) is 7.52. The first kappa shape index (κ1) is 17.6. The zero-order chi connectivity index (χ0) is 14.7. The van der Waals surface area contributed by atoms with Gasteiger partial charge < -0.3 is 20.1 Å². The Morgan fingerprint density at radius 1 is 1.38 bits per heavy atom. The Morgan fingerprint density at radius 2 is 2.10 bits per heavy atom. The molecular weight excluding hydrogens is 292 g/mol. The Kier molecular flexibility index (Phi) is 6.30. The van der Waals surface area contributed by atoms with Crippen LogP contribution >= 0.6 is 12.4 Å². The standard InChI is InChI=1S/C15H22N2O3.ClH/c1-10(16)11-6-7-17(9-11)15(18)13-8-12(19-2)4-5-14(13)20-3;/h4-5,8,10-11H,6-7,9,16H2,1-3H3;1H. The second-order valence-electron chi connectivity index (χ2n) is 5.23. The van der Waals surface area contributed by atoms with Crippen LogP contribution in [0.25, 0.3) is 0 Å². The Hall–Kier alpha value is -1.46. The molecule has 2 unspecified atom stereocenters. The van der Waals surface area contributed by atoms with Gasteiger partial charge in [0.25, 0.3) is 5.91 Å². The first-order chi connectivity index (χ1) is 9.56. The highest BCUT2D eigenvalue weighted by molar-refractivity contribution is 5.97. The SMILES string of the molecule is COc1ccc(OC)c(C(=O)N2CCC(C(C)N)C2)c1.Cl. The smallest absolute Gasteiger partial charge is 0.257 e. The van der Waals surface area contributed by atoms with Gasteiger partial charge in [-0.3, -0.25) is 4.79 Å². The highest BCUT2D eigenvalue weighted by atomic mass is 35.5. The molecule has 1 fully saturated rings. The molecule has 0 aliphatic carbocycles. The maximum atomic E-state index is 12.6. The van der Waals surface area contributed by atoms with E-state index in [0.717, 1.165) is 13.0 Å². The molecule has 1 aliphatic rings. The van der Waals surface area contributed by atoms with Gasteiger partial charge in [0, 0.05) is 19.1 Å². The van der Waals surface area contributed by atoms with Crippen LogP contribution in [0.4, 0.5) is 0 Å². The van der Waals surface area contributed by atoms with Crippen molar-refractivity contribution in [2.75, 3.05) is 27.3 Å². The van der Waals surface area contributed by atoms with Crippen molar-refractivity contribution in [3.63, 3.8) is 0 Å². The number of nitrogens with two attached hydrogens (primary N) is 1. The summed E-state index contributed by atoms with van der Waals surface area (Å²) in [5.41, 5.74) is 6.46. The molecule has 0 spiro atoms. The van der Waals surface area contributed by atoms with E-state index in [2.05, 4.69) is 0 Å². The maximum Gasteiger partial charge on any atom is 0.257 e. The van der Waals surface area contributed by atoms with Crippen molar-refractivity contribution in [2.45, 2.75) is 19.4 Å². The number of carbonyl (C=O) groups excluding carboxylic acids is 1. The van der Waals surface area contributed by atoms with Crippen LogP contribution < -0.4 is 15.2 Å². The maximum absolute atomic E-state index is 12.6. The van der Waals surface area contributed by atoms with E-state index in [4.69, 9.17) is 15.2 Å². The molecule has 6 heteroatoms. The lowest BCUT2D eigenvalue weighted by atomic mass is 10.0. The molecule has 2 N–H and O–H groups in total. The predicted octanol–water partition coefficient (Wildman–Crippen LogP) is 1.93. The Bertz CT molecular complexity index is 494. The minimum absolute atomic E-state index is 0. The topological polar surface area (TPSA) is 64.8 Å². The number of hydrogen-bond donors (Lipinski definition) is 1. The van der Waals surface area contributed by atoms with Crippen LogP contribution in [0.5, 0.6) is 11.5 Å². The minimum atomic E-state index is -0.0242. The van der Waals surface area contributed by atoms with Crippen LogP contribution in [0.1, 0.15) is 23.7 Å². The highest BCUT2D eigenvalue weighted by Gasteiger charge is 2.30. The number of methoxy groups -OCH3 is 2. The second-order valence-corrected chi connectivity index (χ2v) is 5.23. The lowest BCUT2D eigenvalue weighted by molar-refractivity contribution is 0.0782. The predicted molar refractivity (Wildman–Crippen MR) is 84.5 cm³/mol. The molecule has 1 amide bonds. The molecule has 2 atom stereocenters. The molecule has 0 radical (unpaired) electrons. The lowest BCUT2D eigenvalue weighted by Crippen LogP contribution is -2.33. The van der Waals surface area contributed by atoms with Crippen LogP contribution in [0.2, 0.25) is 0 Å². The van der Waals surface area contributed by atoms with Gasteiger partial charge in [0.1, 0.15) is 11.5 Å². The van der Waals surface area contributed by atoms with Gasteiger partial charge in [-0.05, 0) is 37.5 Å². The van der Waals surface area contributed by atoms with Gasteiger partial charge in [-0.25, -0.2) is 0 Å². The van der Waals surface area contributed by atoms with Crippen LogP contribution in [0, 0.1) is 5.92 Å². The number of nitrogens with zero attached hydrogens (tertiary/aromatic N) is 1. The van der Waals surface area contributed by atoms with Crippen LogP contribution in [-0.4, -0.2) is 44.2 Å². The quantitative estimate of drug-likeness (QED) is 0.922. The largest absolute Gasteiger partial charge is 0.497 e. The Labute approximate surface area is 131 Å². The summed E-state index contributed by atoms with van der Waals surface area (Å²) in [6.07, 6.45) is 0.954. The molecule has 1 aromatic rings. The summed E-state index contributed by atoms with van der Waals surface area (Å²) in [6, 6.07) is 5.37. The van der Waals surface area contributed by atoms with Crippen LogP contribution in [-0.2, 0) is 0 Å². The molecule has 0 saturated carbocycles. The molecule has 1 aliphatic heterocycles. The van der Waals surface area contributed by atoms with Gasteiger partial charge in [-0.2, -0.15) is 0 Å². The summed E-state index contributed by atoms with van der Waals surface area (Å²) < 4.78 is 10.5. The summed E-state index contributed by atoms with van der Waals surface area (Å²) in [7, 11) is 3.14. The van der Waals surface area contributed by atoms with E-state index in [1.807, 2.05) is 11.8 Å². The Balaban J connectivity index is 0.00000220. The summed E-state index contributed by atoms with van der Waals surface area (Å²) in [5.74, 6) is 1.57. The van der Waals surface area contributed by atoms with E-state index in [-0.39, 0.29) is 24.4 Å². The van der Waals surface area contributed by atoms with Gasteiger partial charge in [0.2, 0.25) is 0 Å². The van der Waals surface area contributed by atoms with Crippen molar-refractivity contribution in [1.29, 1.82) is 0 Å². The van der Waals surface area contributed by atoms with Crippen LogP contribution in [0.15, 0.2) is 18.2 Å². The third-order valence-corrected chi connectivity index (χ3v) is 3.89. The minimum Gasteiger partial charge on any atom is -0.497 e. The molecule has 1 heterocycles. The van der Waals surface area contributed by atoms with E-state index < -0.39 is 0 Å². The number of rotatable bonds is 4. The van der Waals surface area contributed by atoms with Crippen molar-refractivity contribution in [1.82, 2.24) is 4.90 Å². The number of likely N-dealkylation sites (tertiary alicyclic amines) is 1. The van der Waals surface area contributed by atoms with Gasteiger partial charge in [-0.15, -0.1) is 12.4 Å². The average Bonchev–Trinajstić information content (AvgIpc) is 2.95. The molecular formula is C15H23ClN2O3. The van der Waals surface area contributed by atoms with Crippen molar-refractivity contribution < 1.29 is 14.3 Å². The lowest BCUT2D eigenvalue weighted by Gasteiger charge is -2.19. The van der Waals surface area contributed by atoms with Crippen molar-refractivity contribution in [3.05, 3.63) is 23.8 Å². The third kappa shape index (κ3) is 3.80. The Morgan fingerprint density at radius 3 is 2.62 bits per heavy atom. The van der Waals surface area contributed by atoms with Crippen molar-refractivity contribution in [3.8, 4) is 11.5 Å². The molecule has 0 bridgehead atoms. The molecule has 118 valence electrons. The highest BCUT2D eigenvalue weighted by Crippen LogP contribution is 2.28. The van der Waals surface area contributed by atoms with Crippen molar-refractivity contribution in [2.24, 2.45) is 11.7 Å². The number of ether oxygens (including phenoxy) is 2. The number of benzene rings is 1. The summed E-state index contributed by atoms with van der Waals surface area (Å²) in [4.78, 5) is 14.5. The first-order valence-corrected chi connectivity index (χ1v) is 6.83. The monoisotopic (exact) mass is 314 g/mol.